The average molecular weight is 359 g/mol. The number of rotatable bonds is 4. The topological polar surface area (TPSA) is 38.9 Å². The molecule has 0 bridgehead atoms. The molecule has 0 atom stereocenters. The Hall–Kier alpha value is -1.82. The maximum absolute atomic E-state index is 5.99. The zero-order valence-corrected chi connectivity index (χ0v) is 14.3. The van der Waals surface area contributed by atoms with Crippen LogP contribution in [-0.4, -0.2) is 9.97 Å². The summed E-state index contributed by atoms with van der Waals surface area (Å²) in [4.78, 5) is 9.86. The summed E-state index contributed by atoms with van der Waals surface area (Å²) in [6, 6.07) is 11.7. The van der Waals surface area contributed by atoms with Gasteiger partial charge in [0.05, 0.1) is 17.4 Å². The van der Waals surface area contributed by atoms with Crippen LogP contribution in [0.2, 0.25) is 5.02 Å². The molecular weight excluding hydrogens is 348 g/mol. The van der Waals surface area contributed by atoms with Gasteiger partial charge in [0.25, 0.3) is 0 Å². The summed E-state index contributed by atoms with van der Waals surface area (Å²) in [5, 5.41) is 4.92. The average Bonchev–Trinajstić information content (AvgIpc) is 3.23. The van der Waals surface area contributed by atoms with Gasteiger partial charge in [-0.05, 0) is 29.8 Å². The Kier molecular flexibility index (Phi) is 4.08. The van der Waals surface area contributed by atoms with Gasteiger partial charge >= 0.3 is 0 Å². The second-order valence-electron chi connectivity index (χ2n) is 4.88. The highest BCUT2D eigenvalue weighted by molar-refractivity contribution is 7.98. The molecule has 0 N–H and O–H groups in total. The van der Waals surface area contributed by atoms with Crippen LogP contribution < -0.4 is 0 Å². The molecule has 114 valence electrons. The number of nitrogens with zero attached hydrogens (tertiary/aromatic N) is 2. The molecule has 0 saturated carbocycles. The summed E-state index contributed by atoms with van der Waals surface area (Å²) in [5.74, 6) is 1.68. The van der Waals surface area contributed by atoms with Crippen molar-refractivity contribution < 1.29 is 4.42 Å². The molecule has 3 nitrogen and oxygen atoms in total. The van der Waals surface area contributed by atoms with Crippen molar-refractivity contribution in [3.63, 3.8) is 0 Å². The van der Waals surface area contributed by atoms with Crippen molar-refractivity contribution in [2.24, 2.45) is 0 Å². The van der Waals surface area contributed by atoms with E-state index >= 15 is 0 Å². The van der Waals surface area contributed by atoms with E-state index in [0.29, 0.717) is 0 Å². The Labute approximate surface area is 146 Å². The number of benzene rings is 1. The van der Waals surface area contributed by atoms with Crippen molar-refractivity contribution in [2.75, 3.05) is 0 Å². The summed E-state index contributed by atoms with van der Waals surface area (Å²) in [5.41, 5.74) is 2.26. The number of aromatic nitrogens is 2. The Bertz CT molecular complexity index is 933. The molecule has 0 aliphatic carbocycles. The lowest BCUT2D eigenvalue weighted by atomic mass is 10.1. The van der Waals surface area contributed by atoms with Gasteiger partial charge < -0.3 is 4.42 Å². The molecule has 0 unspecified atom stereocenters. The first kappa shape index (κ1) is 14.8. The molecular formula is C17H11ClN2OS2. The highest BCUT2D eigenvalue weighted by Crippen LogP contribution is 2.38. The van der Waals surface area contributed by atoms with Gasteiger partial charge in [-0.3, -0.25) is 0 Å². The molecule has 3 heterocycles. The minimum atomic E-state index is 0.733. The number of halogens is 1. The van der Waals surface area contributed by atoms with Crippen LogP contribution in [0.15, 0.2) is 63.8 Å². The molecule has 23 heavy (non-hydrogen) atoms. The first-order valence-corrected chi connectivity index (χ1v) is 9.19. The predicted octanol–water partition coefficient (Wildman–Crippen LogP) is 5.90. The fraction of sp³-hybridized carbons (Fsp3) is 0.0588. The molecule has 0 radical (unpaired) electrons. The number of hydrogen-bond donors (Lipinski definition) is 0. The molecule has 0 amide bonds. The largest absolute Gasteiger partial charge is 0.468 e. The summed E-state index contributed by atoms with van der Waals surface area (Å²) >= 11 is 9.28. The van der Waals surface area contributed by atoms with Crippen molar-refractivity contribution in [1.82, 2.24) is 9.97 Å². The number of hydrogen-bond acceptors (Lipinski definition) is 5. The van der Waals surface area contributed by atoms with Crippen LogP contribution in [0.25, 0.3) is 21.3 Å². The first-order chi connectivity index (χ1) is 11.3. The van der Waals surface area contributed by atoms with Gasteiger partial charge in [0.2, 0.25) is 0 Å². The van der Waals surface area contributed by atoms with Crippen LogP contribution in [0, 0.1) is 0 Å². The number of thiophene rings is 1. The number of furan rings is 1. The van der Waals surface area contributed by atoms with Gasteiger partial charge in [-0.2, -0.15) is 0 Å². The zero-order valence-electron chi connectivity index (χ0n) is 11.9. The Morgan fingerprint density at radius 3 is 2.78 bits per heavy atom. The fourth-order valence-corrected chi connectivity index (χ4v) is 4.36. The Balaban J connectivity index is 1.75. The summed E-state index contributed by atoms with van der Waals surface area (Å²) < 4.78 is 5.40. The Morgan fingerprint density at radius 1 is 1.13 bits per heavy atom. The maximum Gasteiger partial charge on any atom is 0.128 e. The van der Waals surface area contributed by atoms with Gasteiger partial charge in [0, 0.05) is 16.0 Å². The molecule has 1 aromatic carbocycles. The molecule has 6 heteroatoms. The van der Waals surface area contributed by atoms with Gasteiger partial charge in [-0.1, -0.05) is 35.5 Å². The molecule has 0 saturated heterocycles. The fourth-order valence-electron chi connectivity index (χ4n) is 2.33. The van der Waals surface area contributed by atoms with Gasteiger partial charge in [0.15, 0.2) is 0 Å². The molecule has 4 rings (SSSR count). The van der Waals surface area contributed by atoms with E-state index < -0.39 is 0 Å². The highest BCUT2D eigenvalue weighted by Gasteiger charge is 2.14. The minimum absolute atomic E-state index is 0.733. The van der Waals surface area contributed by atoms with E-state index in [9.17, 15) is 0 Å². The van der Waals surface area contributed by atoms with Crippen LogP contribution >= 0.6 is 34.7 Å². The predicted molar refractivity (Wildman–Crippen MR) is 96.1 cm³/mol. The summed E-state index contributed by atoms with van der Waals surface area (Å²) in [6.07, 6.45) is 3.31. The van der Waals surface area contributed by atoms with Gasteiger partial charge in [-0.25, -0.2) is 9.97 Å². The van der Waals surface area contributed by atoms with Crippen molar-refractivity contribution in [2.45, 2.75) is 10.8 Å². The zero-order chi connectivity index (χ0) is 15.6. The lowest BCUT2D eigenvalue weighted by Gasteiger charge is -2.04. The van der Waals surface area contributed by atoms with Crippen molar-refractivity contribution in [1.29, 1.82) is 0 Å². The van der Waals surface area contributed by atoms with E-state index in [1.807, 2.05) is 36.4 Å². The van der Waals surface area contributed by atoms with E-state index in [1.54, 1.807) is 35.7 Å². The van der Waals surface area contributed by atoms with Crippen LogP contribution in [0.5, 0.6) is 0 Å². The van der Waals surface area contributed by atoms with Gasteiger partial charge in [-0.15, -0.1) is 11.3 Å². The van der Waals surface area contributed by atoms with Crippen LogP contribution in [0.4, 0.5) is 0 Å². The van der Waals surface area contributed by atoms with Crippen LogP contribution in [-0.2, 0) is 5.75 Å². The van der Waals surface area contributed by atoms with E-state index in [0.717, 1.165) is 42.9 Å². The van der Waals surface area contributed by atoms with Crippen LogP contribution in [0.1, 0.15) is 5.76 Å². The van der Waals surface area contributed by atoms with E-state index in [4.69, 9.17) is 16.0 Å². The Morgan fingerprint density at radius 2 is 2.00 bits per heavy atom. The standard InChI is InChI=1S/C17H11ClN2OS2/c18-12-5-3-11(4-6-12)14-9-23-17-15(14)16(19-10-20-17)22-8-13-2-1-7-21-13/h1-7,9-10H,8H2. The van der Waals surface area contributed by atoms with Crippen molar-refractivity contribution in [3.8, 4) is 11.1 Å². The summed E-state index contributed by atoms with van der Waals surface area (Å²) in [6.45, 7) is 0. The normalized spacial score (nSPS) is 11.2. The molecule has 0 aliphatic heterocycles. The second kappa shape index (κ2) is 6.35. The third-order valence-corrected chi connectivity index (χ3v) is 5.57. The molecule has 0 spiro atoms. The van der Waals surface area contributed by atoms with Crippen molar-refractivity contribution >= 4 is 44.9 Å². The molecule has 4 aromatic rings. The molecule has 0 fully saturated rings. The maximum atomic E-state index is 5.99. The minimum Gasteiger partial charge on any atom is -0.468 e. The van der Waals surface area contributed by atoms with Crippen LogP contribution in [0.3, 0.4) is 0 Å². The lowest BCUT2D eigenvalue weighted by molar-refractivity contribution is 0.530. The third-order valence-electron chi connectivity index (χ3n) is 3.42. The summed E-state index contributed by atoms with van der Waals surface area (Å²) in [7, 11) is 0. The van der Waals surface area contributed by atoms with E-state index in [2.05, 4.69) is 15.3 Å². The quantitative estimate of drug-likeness (QED) is 0.336. The third kappa shape index (κ3) is 3.00. The number of thioether (sulfide) groups is 1. The smallest absolute Gasteiger partial charge is 0.128 e. The highest BCUT2D eigenvalue weighted by atomic mass is 35.5. The molecule has 0 aliphatic rings. The van der Waals surface area contributed by atoms with Crippen molar-refractivity contribution in [3.05, 3.63) is 65.2 Å². The molecule has 3 aromatic heterocycles. The number of fused-ring (bicyclic) bond motifs is 1. The monoisotopic (exact) mass is 358 g/mol. The SMILES string of the molecule is Clc1ccc(-c2csc3ncnc(SCc4ccco4)c23)cc1. The first-order valence-electron chi connectivity index (χ1n) is 6.94. The lowest BCUT2D eigenvalue weighted by Crippen LogP contribution is -1.86. The second-order valence-corrected chi connectivity index (χ2v) is 7.14. The van der Waals surface area contributed by atoms with E-state index in [-0.39, 0.29) is 0 Å². The van der Waals surface area contributed by atoms with E-state index in [1.165, 1.54) is 0 Å². The van der Waals surface area contributed by atoms with Gasteiger partial charge in [0.1, 0.15) is 21.9 Å².